The van der Waals surface area contributed by atoms with Gasteiger partial charge < -0.3 is 5.32 Å². The predicted molar refractivity (Wildman–Crippen MR) is 103 cm³/mol. The van der Waals surface area contributed by atoms with Gasteiger partial charge >= 0.3 is 0 Å². The van der Waals surface area contributed by atoms with E-state index in [2.05, 4.69) is 30.4 Å². The minimum atomic E-state index is -0.0517. The lowest BCUT2D eigenvalue weighted by molar-refractivity contribution is 0.148. The number of nitrogens with zero attached hydrogens (tertiary/aromatic N) is 7. The van der Waals surface area contributed by atoms with Gasteiger partial charge in [-0.05, 0) is 25.5 Å². The van der Waals surface area contributed by atoms with Crippen LogP contribution in [0.2, 0.25) is 0 Å². The van der Waals surface area contributed by atoms with Crippen LogP contribution < -0.4 is 10.9 Å². The van der Waals surface area contributed by atoms with Gasteiger partial charge in [0.15, 0.2) is 5.65 Å². The number of aromatic nitrogens is 6. The molecule has 9 heteroatoms. The monoisotopic (exact) mass is 368 g/mol. The Morgan fingerprint density at radius 2 is 2.15 bits per heavy atom. The molecule has 3 aromatic heterocycles. The summed E-state index contributed by atoms with van der Waals surface area (Å²) in [7, 11) is 1.88. The number of anilines is 1. The van der Waals surface area contributed by atoms with E-state index in [4.69, 9.17) is 0 Å². The molecule has 0 aliphatic carbocycles. The molecule has 4 rings (SSSR count). The van der Waals surface area contributed by atoms with E-state index in [0.717, 1.165) is 42.9 Å². The third kappa shape index (κ3) is 3.82. The zero-order chi connectivity index (χ0) is 18.6. The Balaban J connectivity index is 1.41. The average Bonchev–Trinajstić information content (AvgIpc) is 3.08. The Kier molecular flexibility index (Phi) is 5.10. The molecule has 3 aromatic rings. The summed E-state index contributed by atoms with van der Waals surface area (Å²) in [5.41, 5.74) is 0.770. The van der Waals surface area contributed by atoms with E-state index in [1.54, 1.807) is 35.5 Å². The van der Waals surface area contributed by atoms with E-state index in [-0.39, 0.29) is 5.56 Å². The van der Waals surface area contributed by atoms with Crippen molar-refractivity contribution >= 4 is 16.9 Å². The number of hydrogen-bond donors (Lipinski definition) is 1. The predicted octanol–water partition coefficient (Wildman–Crippen LogP) is 0.887. The van der Waals surface area contributed by atoms with Gasteiger partial charge in [0.25, 0.3) is 5.56 Å². The van der Waals surface area contributed by atoms with Gasteiger partial charge in [0, 0.05) is 38.4 Å². The van der Waals surface area contributed by atoms with Crippen molar-refractivity contribution in [2.75, 3.05) is 25.0 Å². The standard InChI is InChI=1S/C18H24N8O/c1-24-18-15(12-23-24)17(20-13-21-18)19-11-14-5-2-3-8-25(14)9-10-26-16(27)6-4-7-22-26/h4,6-7,12-14H,2-3,5,8-11H2,1H3,(H,19,20,21). The second kappa shape index (κ2) is 7.83. The van der Waals surface area contributed by atoms with Crippen molar-refractivity contribution in [1.82, 2.24) is 34.4 Å². The van der Waals surface area contributed by atoms with Gasteiger partial charge in [-0.15, -0.1) is 0 Å². The van der Waals surface area contributed by atoms with Crippen molar-refractivity contribution in [3.8, 4) is 0 Å². The van der Waals surface area contributed by atoms with E-state index >= 15 is 0 Å². The summed E-state index contributed by atoms with van der Waals surface area (Å²) in [5, 5.41) is 12.8. The molecular weight excluding hydrogens is 344 g/mol. The van der Waals surface area contributed by atoms with Crippen molar-refractivity contribution in [3.63, 3.8) is 0 Å². The van der Waals surface area contributed by atoms with Crippen LogP contribution in [0.3, 0.4) is 0 Å². The van der Waals surface area contributed by atoms with Crippen LogP contribution in [0.15, 0.2) is 35.6 Å². The highest BCUT2D eigenvalue weighted by Crippen LogP contribution is 2.20. The maximum Gasteiger partial charge on any atom is 0.266 e. The Morgan fingerprint density at radius 3 is 3.04 bits per heavy atom. The zero-order valence-electron chi connectivity index (χ0n) is 15.5. The zero-order valence-corrected chi connectivity index (χ0v) is 15.5. The number of aryl methyl sites for hydroxylation is 1. The quantitative estimate of drug-likeness (QED) is 0.690. The molecule has 0 bridgehead atoms. The molecule has 142 valence electrons. The first kappa shape index (κ1) is 17.6. The maximum absolute atomic E-state index is 11.9. The van der Waals surface area contributed by atoms with Gasteiger partial charge in [-0.3, -0.25) is 14.4 Å². The van der Waals surface area contributed by atoms with Crippen LogP contribution in [0.1, 0.15) is 19.3 Å². The molecule has 0 radical (unpaired) electrons. The van der Waals surface area contributed by atoms with Crippen LogP contribution in [-0.4, -0.2) is 60.1 Å². The molecule has 1 unspecified atom stereocenters. The van der Waals surface area contributed by atoms with Crippen molar-refractivity contribution in [2.24, 2.45) is 7.05 Å². The van der Waals surface area contributed by atoms with Crippen LogP contribution in [0.25, 0.3) is 11.0 Å². The first-order chi connectivity index (χ1) is 13.2. The van der Waals surface area contributed by atoms with Crippen LogP contribution in [0, 0.1) is 0 Å². The summed E-state index contributed by atoms with van der Waals surface area (Å²) >= 11 is 0. The fourth-order valence-corrected chi connectivity index (χ4v) is 3.68. The van der Waals surface area contributed by atoms with E-state index in [0.29, 0.717) is 12.6 Å². The molecule has 4 heterocycles. The van der Waals surface area contributed by atoms with Crippen LogP contribution >= 0.6 is 0 Å². The number of fused-ring (bicyclic) bond motifs is 1. The largest absolute Gasteiger partial charge is 0.368 e. The summed E-state index contributed by atoms with van der Waals surface area (Å²) in [6.45, 7) is 3.27. The molecule has 0 aromatic carbocycles. The van der Waals surface area contributed by atoms with Crippen LogP contribution in [0.5, 0.6) is 0 Å². The third-order valence-electron chi connectivity index (χ3n) is 5.17. The molecular formula is C18H24N8O. The fourth-order valence-electron chi connectivity index (χ4n) is 3.68. The summed E-state index contributed by atoms with van der Waals surface area (Å²) in [6, 6.07) is 3.63. The summed E-state index contributed by atoms with van der Waals surface area (Å²) in [5.74, 6) is 0.819. The highest BCUT2D eigenvalue weighted by molar-refractivity contribution is 5.85. The molecule has 1 aliphatic rings. The summed E-state index contributed by atoms with van der Waals surface area (Å²) in [4.78, 5) is 23.0. The van der Waals surface area contributed by atoms with Gasteiger partial charge in [0.2, 0.25) is 0 Å². The number of hydrogen-bond acceptors (Lipinski definition) is 7. The fraction of sp³-hybridized carbons (Fsp3) is 0.500. The lowest BCUT2D eigenvalue weighted by atomic mass is 10.0. The summed E-state index contributed by atoms with van der Waals surface area (Å²) < 4.78 is 3.28. The molecule has 0 spiro atoms. The molecule has 1 aliphatic heterocycles. The van der Waals surface area contributed by atoms with Gasteiger partial charge in [0.1, 0.15) is 12.1 Å². The lowest BCUT2D eigenvalue weighted by Crippen LogP contribution is -2.45. The second-order valence-corrected chi connectivity index (χ2v) is 6.88. The van der Waals surface area contributed by atoms with Gasteiger partial charge in [0.05, 0.1) is 18.1 Å². The van der Waals surface area contributed by atoms with Crippen LogP contribution in [0.4, 0.5) is 5.82 Å². The lowest BCUT2D eigenvalue weighted by Gasteiger charge is -2.35. The van der Waals surface area contributed by atoms with Crippen LogP contribution in [-0.2, 0) is 13.6 Å². The maximum atomic E-state index is 11.9. The number of piperidine rings is 1. The van der Waals surface area contributed by atoms with Gasteiger partial charge in [-0.25, -0.2) is 14.6 Å². The van der Waals surface area contributed by atoms with Crippen molar-refractivity contribution in [1.29, 1.82) is 0 Å². The molecule has 1 atom stereocenters. The molecule has 0 amide bonds. The Labute approximate surface area is 157 Å². The molecule has 9 nitrogen and oxygen atoms in total. The highest BCUT2D eigenvalue weighted by Gasteiger charge is 2.22. The van der Waals surface area contributed by atoms with Gasteiger partial charge in [-0.1, -0.05) is 6.42 Å². The first-order valence-electron chi connectivity index (χ1n) is 9.35. The first-order valence-corrected chi connectivity index (χ1v) is 9.35. The van der Waals surface area contributed by atoms with Gasteiger partial charge in [-0.2, -0.15) is 10.2 Å². The molecule has 1 N–H and O–H groups in total. The van der Waals surface area contributed by atoms with E-state index in [1.807, 2.05) is 7.05 Å². The third-order valence-corrected chi connectivity index (χ3v) is 5.17. The van der Waals surface area contributed by atoms with Crippen molar-refractivity contribution in [2.45, 2.75) is 31.8 Å². The topological polar surface area (TPSA) is 93.8 Å². The number of nitrogens with one attached hydrogen (secondary N) is 1. The summed E-state index contributed by atoms with van der Waals surface area (Å²) in [6.07, 6.45) is 8.56. The number of rotatable bonds is 6. The Hall–Kier alpha value is -2.81. The molecule has 1 saturated heterocycles. The van der Waals surface area contributed by atoms with E-state index in [1.165, 1.54) is 17.5 Å². The minimum absolute atomic E-state index is 0.0517. The Morgan fingerprint density at radius 1 is 1.22 bits per heavy atom. The second-order valence-electron chi connectivity index (χ2n) is 6.88. The molecule has 1 fully saturated rings. The number of likely N-dealkylation sites (tertiary alicyclic amines) is 1. The average molecular weight is 368 g/mol. The van der Waals surface area contributed by atoms with Crippen molar-refractivity contribution < 1.29 is 0 Å². The SMILES string of the molecule is Cn1ncc2c(NCC3CCCCN3CCn3ncccc3=O)ncnc21. The molecule has 0 saturated carbocycles. The Bertz CT molecular complexity index is 965. The minimum Gasteiger partial charge on any atom is -0.368 e. The van der Waals surface area contributed by atoms with E-state index in [9.17, 15) is 4.79 Å². The smallest absolute Gasteiger partial charge is 0.266 e. The van der Waals surface area contributed by atoms with Crippen molar-refractivity contribution in [3.05, 3.63) is 41.2 Å². The highest BCUT2D eigenvalue weighted by atomic mass is 16.1. The van der Waals surface area contributed by atoms with E-state index < -0.39 is 0 Å². The normalized spacial score (nSPS) is 18.0. The molecule has 27 heavy (non-hydrogen) atoms.